The Morgan fingerprint density at radius 1 is 1.07 bits per heavy atom. The van der Waals surface area contributed by atoms with Gasteiger partial charge in [-0.05, 0) is 31.4 Å². The van der Waals surface area contributed by atoms with Crippen LogP contribution in [0.5, 0.6) is 0 Å². The Balaban J connectivity index is 1.38. The van der Waals surface area contributed by atoms with E-state index in [2.05, 4.69) is 19.7 Å². The fourth-order valence-corrected chi connectivity index (χ4v) is 4.27. The van der Waals surface area contributed by atoms with Crippen LogP contribution >= 0.6 is 11.8 Å². The first-order valence-electron chi connectivity index (χ1n) is 9.73. The van der Waals surface area contributed by atoms with Gasteiger partial charge in [-0.25, -0.2) is 0 Å². The number of ketones is 1. The minimum atomic E-state index is 0.191. The molecule has 0 radical (unpaired) electrons. The largest absolute Gasteiger partial charge is 0.467 e. The van der Waals surface area contributed by atoms with E-state index in [1.807, 2.05) is 42.5 Å². The van der Waals surface area contributed by atoms with Crippen LogP contribution in [0.25, 0.3) is 0 Å². The van der Waals surface area contributed by atoms with Crippen molar-refractivity contribution in [3.05, 3.63) is 60.1 Å². The molecule has 7 heteroatoms. The summed E-state index contributed by atoms with van der Waals surface area (Å²) in [5, 5.41) is 9.75. The van der Waals surface area contributed by atoms with E-state index in [-0.39, 0.29) is 5.78 Å². The fourth-order valence-electron chi connectivity index (χ4n) is 3.40. The number of anilines is 1. The van der Waals surface area contributed by atoms with Gasteiger partial charge < -0.3 is 9.32 Å². The average molecular weight is 397 g/mol. The van der Waals surface area contributed by atoms with E-state index in [0.29, 0.717) is 13.0 Å². The van der Waals surface area contributed by atoms with Crippen LogP contribution in [-0.2, 0) is 6.54 Å². The topological polar surface area (TPSA) is 64.2 Å². The van der Waals surface area contributed by atoms with E-state index in [4.69, 9.17) is 4.42 Å². The molecule has 3 heterocycles. The maximum atomic E-state index is 12.3. The number of aromatic nitrogens is 3. The van der Waals surface area contributed by atoms with Crippen LogP contribution in [0.4, 0.5) is 5.95 Å². The molecule has 0 unspecified atom stereocenters. The summed E-state index contributed by atoms with van der Waals surface area (Å²) in [6.07, 6.45) is 5.43. The van der Waals surface area contributed by atoms with Crippen LogP contribution in [-0.4, -0.2) is 39.4 Å². The highest BCUT2D eigenvalue weighted by Gasteiger charge is 2.22. The average Bonchev–Trinajstić information content (AvgIpc) is 3.49. The van der Waals surface area contributed by atoms with E-state index < -0.39 is 0 Å². The number of Topliss-reactive ketones (excluding diaryl/α,β-unsaturated/α-hetero) is 1. The number of thioether (sulfide) groups is 1. The summed E-state index contributed by atoms with van der Waals surface area (Å²) in [5.41, 5.74) is 0.782. The molecule has 1 aliphatic rings. The molecule has 1 aromatic carbocycles. The summed E-state index contributed by atoms with van der Waals surface area (Å²) in [6, 6.07) is 13.3. The van der Waals surface area contributed by atoms with Gasteiger partial charge in [-0.15, -0.1) is 10.2 Å². The van der Waals surface area contributed by atoms with E-state index >= 15 is 0 Å². The lowest BCUT2D eigenvalue weighted by Gasteiger charge is -2.17. The van der Waals surface area contributed by atoms with Crippen LogP contribution in [0, 0.1) is 0 Å². The molecule has 0 aliphatic carbocycles. The second-order valence-electron chi connectivity index (χ2n) is 6.88. The molecular weight excluding hydrogens is 372 g/mol. The molecule has 6 nitrogen and oxygen atoms in total. The fraction of sp³-hybridized carbons (Fsp3) is 0.381. The van der Waals surface area contributed by atoms with Gasteiger partial charge in [-0.2, -0.15) is 0 Å². The third-order valence-electron chi connectivity index (χ3n) is 4.86. The van der Waals surface area contributed by atoms with Crippen molar-refractivity contribution in [1.29, 1.82) is 0 Å². The van der Waals surface area contributed by atoms with Gasteiger partial charge in [-0.1, -0.05) is 42.1 Å². The van der Waals surface area contributed by atoms with Crippen molar-refractivity contribution < 1.29 is 9.21 Å². The van der Waals surface area contributed by atoms with E-state index in [9.17, 15) is 4.79 Å². The lowest BCUT2D eigenvalue weighted by Crippen LogP contribution is -2.22. The molecule has 0 amide bonds. The highest BCUT2D eigenvalue weighted by atomic mass is 32.2. The van der Waals surface area contributed by atoms with Crippen LogP contribution in [0.15, 0.2) is 58.3 Å². The molecule has 1 saturated heterocycles. The molecule has 4 rings (SSSR count). The first kappa shape index (κ1) is 18.8. The van der Waals surface area contributed by atoms with Gasteiger partial charge >= 0.3 is 0 Å². The Morgan fingerprint density at radius 2 is 1.89 bits per heavy atom. The van der Waals surface area contributed by atoms with Crippen molar-refractivity contribution in [2.45, 2.75) is 37.4 Å². The molecule has 1 aliphatic heterocycles. The van der Waals surface area contributed by atoms with E-state index in [1.54, 1.807) is 18.0 Å². The summed E-state index contributed by atoms with van der Waals surface area (Å²) in [6.45, 7) is 2.66. The summed E-state index contributed by atoms with van der Waals surface area (Å²) in [7, 11) is 0. The number of rotatable bonds is 9. The van der Waals surface area contributed by atoms with Gasteiger partial charge in [0.1, 0.15) is 5.76 Å². The molecule has 0 N–H and O–H groups in total. The quantitative estimate of drug-likeness (QED) is 0.306. The maximum Gasteiger partial charge on any atom is 0.228 e. The van der Waals surface area contributed by atoms with E-state index in [0.717, 1.165) is 47.7 Å². The summed E-state index contributed by atoms with van der Waals surface area (Å²) in [5.74, 6) is 2.82. The van der Waals surface area contributed by atoms with Gasteiger partial charge in [0.25, 0.3) is 0 Å². The minimum Gasteiger partial charge on any atom is -0.467 e. The predicted octanol–water partition coefficient (Wildman–Crippen LogP) is 4.27. The van der Waals surface area contributed by atoms with Gasteiger partial charge in [0.2, 0.25) is 5.95 Å². The first-order chi connectivity index (χ1) is 13.8. The summed E-state index contributed by atoms with van der Waals surface area (Å²) >= 11 is 1.65. The molecule has 1 fully saturated rings. The van der Waals surface area contributed by atoms with Gasteiger partial charge in [0.05, 0.1) is 12.8 Å². The van der Waals surface area contributed by atoms with Crippen LogP contribution in [0.3, 0.4) is 0 Å². The normalized spacial score (nSPS) is 13.9. The highest BCUT2D eigenvalue weighted by Crippen LogP contribution is 2.26. The van der Waals surface area contributed by atoms with Crippen molar-refractivity contribution >= 4 is 23.5 Å². The second-order valence-corrected chi connectivity index (χ2v) is 7.95. The van der Waals surface area contributed by atoms with Crippen LogP contribution < -0.4 is 4.90 Å². The predicted molar refractivity (Wildman–Crippen MR) is 110 cm³/mol. The molecule has 28 heavy (non-hydrogen) atoms. The first-order valence-corrected chi connectivity index (χ1v) is 10.7. The molecule has 3 aromatic rings. The van der Waals surface area contributed by atoms with Crippen molar-refractivity contribution in [3.63, 3.8) is 0 Å². The van der Waals surface area contributed by atoms with Crippen LogP contribution in [0.1, 0.15) is 41.8 Å². The standard InChI is InChI=1S/C21H24N4O2S/c26-19(17-8-2-1-3-9-17)11-7-15-28-21-23-22-20(24-12-4-5-13-24)25(21)16-18-10-6-14-27-18/h1-3,6,8-10,14H,4-5,7,11-13,15-16H2. The van der Waals surface area contributed by atoms with Gasteiger partial charge in [-0.3, -0.25) is 9.36 Å². The Kier molecular flexibility index (Phi) is 6.11. The molecule has 146 valence electrons. The number of carbonyl (C=O) groups is 1. The SMILES string of the molecule is O=C(CCCSc1nnc(N2CCCC2)n1Cc1ccco1)c1ccccc1. The van der Waals surface area contributed by atoms with Crippen molar-refractivity contribution in [3.8, 4) is 0 Å². The number of nitrogens with zero attached hydrogens (tertiary/aromatic N) is 4. The highest BCUT2D eigenvalue weighted by molar-refractivity contribution is 7.99. The molecule has 0 bridgehead atoms. The number of hydrogen-bond acceptors (Lipinski definition) is 6. The van der Waals surface area contributed by atoms with E-state index in [1.165, 1.54) is 12.8 Å². The Hall–Kier alpha value is -2.54. The van der Waals surface area contributed by atoms with Gasteiger partial charge in [0.15, 0.2) is 10.9 Å². The minimum absolute atomic E-state index is 0.191. The number of benzene rings is 1. The smallest absolute Gasteiger partial charge is 0.228 e. The van der Waals surface area contributed by atoms with Crippen molar-refractivity contribution in [2.24, 2.45) is 0 Å². The zero-order valence-electron chi connectivity index (χ0n) is 15.8. The molecule has 0 atom stereocenters. The lowest BCUT2D eigenvalue weighted by atomic mass is 10.1. The molecular formula is C21H24N4O2S. The summed E-state index contributed by atoms with van der Waals surface area (Å²) in [4.78, 5) is 14.5. The third-order valence-corrected chi connectivity index (χ3v) is 5.91. The Bertz CT molecular complexity index is 887. The maximum absolute atomic E-state index is 12.3. The lowest BCUT2D eigenvalue weighted by molar-refractivity contribution is 0.0982. The monoisotopic (exact) mass is 396 g/mol. The number of hydrogen-bond donors (Lipinski definition) is 0. The second kappa shape index (κ2) is 9.10. The molecule has 2 aromatic heterocycles. The number of furan rings is 1. The molecule has 0 spiro atoms. The Morgan fingerprint density at radius 3 is 2.64 bits per heavy atom. The third kappa shape index (κ3) is 4.47. The van der Waals surface area contributed by atoms with Gasteiger partial charge in [0, 0.05) is 30.8 Å². The molecule has 0 saturated carbocycles. The summed E-state index contributed by atoms with van der Waals surface area (Å²) < 4.78 is 7.67. The van der Waals surface area contributed by atoms with Crippen molar-refractivity contribution in [2.75, 3.05) is 23.7 Å². The zero-order valence-corrected chi connectivity index (χ0v) is 16.6. The number of carbonyl (C=O) groups excluding carboxylic acids is 1. The van der Waals surface area contributed by atoms with Crippen LogP contribution in [0.2, 0.25) is 0 Å². The Labute approximate surface area is 168 Å². The zero-order chi connectivity index (χ0) is 19.2. The van der Waals surface area contributed by atoms with Crippen molar-refractivity contribution in [1.82, 2.24) is 14.8 Å².